The molecule has 0 spiro atoms. The van der Waals surface area contributed by atoms with Gasteiger partial charge in [-0.2, -0.15) is 0 Å². The minimum absolute atomic E-state index is 0.557. The highest BCUT2D eigenvalue weighted by atomic mass is 32.1. The zero-order valence-corrected chi connectivity index (χ0v) is 17.9. The van der Waals surface area contributed by atoms with Gasteiger partial charge in [-0.25, -0.2) is 0 Å². The maximum Gasteiger partial charge on any atom is 0.489 e. The molecular formula is C28H17BO2S. The Morgan fingerprint density at radius 1 is 0.562 bits per heavy atom. The molecule has 1 aromatic heterocycles. The highest BCUT2D eigenvalue weighted by molar-refractivity contribution is 7.26. The van der Waals surface area contributed by atoms with Crippen LogP contribution in [0.25, 0.3) is 64.3 Å². The van der Waals surface area contributed by atoms with Crippen LogP contribution in [0.3, 0.4) is 0 Å². The lowest BCUT2D eigenvalue weighted by molar-refractivity contribution is 0.426. The van der Waals surface area contributed by atoms with Gasteiger partial charge >= 0.3 is 7.12 Å². The minimum atomic E-state index is -1.49. The lowest BCUT2D eigenvalue weighted by atomic mass is 9.77. The summed E-state index contributed by atoms with van der Waals surface area (Å²) in [6.45, 7) is 0. The van der Waals surface area contributed by atoms with Crippen molar-refractivity contribution in [3.05, 3.63) is 91.0 Å². The molecular weight excluding hydrogens is 411 g/mol. The number of rotatable bonds is 2. The molecule has 7 rings (SSSR count). The second-order valence-electron chi connectivity index (χ2n) is 8.32. The van der Waals surface area contributed by atoms with Gasteiger partial charge in [-0.05, 0) is 50.1 Å². The molecule has 0 fully saturated rings. The molecule has 0 aliphatic heterocycles. The number of thiophene rings is 1. The summed E-state index contributed by atoms with van der Waals surface area (Å²) in [6, 6.07) is 31.8. The first-order chi connectivity index (χ1) is 15.7. The molecule has 1 aliphatic rings. The van der Waals surface area contributed by atoms with Gasteiger partial charge in [-0.15, -0.1) is 11.3 Å². The summed E-state index contributed by atoms with van der Waals surface area (Å²) in [4.78, 5) is 0. The van der Waals surface area contributed by atoms with E-state index in [2.05, 4.69) is 78.9 Å². The van der Waals surface area contributed by atoms with E-state index >= 15 is 0 Å². The third-order valence-electron chi connectivity index (χ3n) is 6.65. The van der Waals surface area contributed by atoms with Crippen LogP contribution in [0.4, 0.5) is 0 Å². The lowest BCUT2D eigenvalue weighted by Gasteiger charge is -2.12. The van der Waals surface area contributed by atoms with E-state index in [4.69, 9.17) is 0 Å². The third-order valence-corrected chi connectivity index (χ3v) is 7.86. The Morgan fingerprint density at radius 2 is 1.19 bits per heavy atom. The molecule has 2 nitrogen and oxygen atoms in total. The summed E-state index contributed by atoms with van der Waals surface area (Å²) >= 11 is 1.71. The number of benzene rings is 5. The Hall–Kier alpha value is -3.44. The maximum atomic E-state index is 9.96. The van der Waals surface area contributed by atoms with Gasteiger partial charge in [-0.3, -0.25) is 0 Å². The van der Waals surface area contributed by atoms with Gasteiger partial charge in [0, 0.05) is 25.7 Å². The van der Waals surface area contributed by atoms with Crippen molar-refractivity contribution >= 4 is 54.9 Å². The van der Waals surface area contributed by atoms with E-state index in [9.17, 15) is 10.0 Å². The van der Waals surface area contributed by atoms with Crippen molar-refractivity contribution in [2.24, 2.45) is 0 Å². The first kappa shape index (κ1) is 18.2. The third kappa shape index (κ3) is 2.32. The smallest absolute Gasteiger partial charge is 0.423 e. The molecule has 0 saturated heterocycles. The molecule has 150 valence electrons. The predicted octanol–water partition coefficient (Wildman–Crippen LogP) is 6.20. The molecule has 0 amide bonds. The van der Waals surface area contributed by atoms with Crippen molar-refractivity contribution in [3.8, 4) is 33.4 Å². The van der Waals surface area contributed by atoms with Crippen LogP contribution in [0.5, 0.6) is 0 Å². The zero-order chi connectivity index (χ0) is 21.4. The fourth-order valence-electron chi connectivity index (χ4n) is 5.37. The summed E-state index contributed by atoms with van der Waals surface area (Å²) in [6.07, 6.45) is 0. The molecule has 0 radical (unpaired) electrons. The molecule has 1 aliphatic carbocycles. The Bertz CT molecular complexity index is 1710. The van der Waals surface area contributed by atoms with Crippen molar-refractivity contribution in [2.45, 2.75) is 0 Å². The molecule has 0 bridgehead atoms. The maximum absolute atomic E-state index is 9.96. The SMILES string of the molecule is OB(O)c1cccc2sc3c(-c4cccc5c4-c4cccc6cccc-5c46)cccc3c12. The van der Waals surface area contributed by atoms with Crippen LogP contribution >= 0.6 is 11.3 Å². The first-order valence-corrected chi connectivity index (χ1v) is 11.5. The second kappa shape index (κ2) is 6.53. The number of fused-ring (bicyclic) bond motifs is 6. The highest BCUT2D eigenvalue weighted by Crippen LogP contribution is 2.52. The molecule has 2 N–H and O–H groups in total. The molecule has 4 heteroatoms. The van der Waals surface area contributed by atoms with E-state index in [0.717, 1.165) is 15.5 Å². The normalized spacial score (nSPS) is 12.1. The molecule has 0 saturated carbocycles. The summed E-state index contributed by atoms with van der Waals surface area (Å²) in [7, 11) is -1.49. The molecule has 6 aromatic rings. The quantitative estimate of drug-likeness (QED) is 0.322. The average Bonchev–Trinajstić information content (AvgIpc) is 3.37. The van der Waals surface area contributed by atoms with Gasteiger partial charge in [0.2, 0.25) is 0 Å². The molecule has 0 unspecified atom stereocenters. The predicted molar refractivity (Wildman–Crippen MR) is 137 cm³/mol. The summed E-state index contributed by atoms with van der Waals surface area (Å²) in [5, 5.41) is 24.5. The first-order valence-electron chi connectivity index (χ1n) is 10.7. The van der Waals surface area contributed by atoms with Gasteiger partial charge in [0.25, 0.3) is 0 Å². The van der Waals surface area contributed by atoms with Gasteiger partial charge in [0.05, 0.1) is 0 Å². The van der Waals surface area contributed by atoms with E-state index in [0.29, 0.717) is 5.46 Å². The summed E-state index contributed by atoms with van der Waals surface area (Å²) in [5.41, 5.74) is 8.10. The molecule has 5 aromatic carbocycles. The van der Waals surface area contributed by atoms with E-state index < -0.39 is 7.12 Å². The Morgan fingerprint density at radius 3 is 2.00 bits per heavy atom. The van der Waals surface area contributed by atoms with E-state index in [1.807, 2.05) is 6.07 Å². The standard InChI is InChI=1S/C28H17BO2S/c30-29(31)23-14-5-15-24-27(23)22-13-4-11-20(28(22)32-24)19-10-3-9-18-17-8-1-6-16-7-2-12-21(25(16)17)26(18)19/h1-15,30-31H. The van der Waals surface area contributed by atoms with E-state index in [1.54, 1.807) is 17.4 Å². The number of hydrogen-bond acceptors (Lipinski definition) is 3. The van der Waals surface area contributed by atoms with Gasteiger partial charge < -0.3 is 10.0 Å². The zero-order valence-electron chi connectivity index (χ0n) is 17.0. The summed E-state index contributed by atoms with van der Waals surface area (Å²) < 4.78 is 2.24. The van der Waals surface area contributed by atoms with E-state index in [-0.39, 0.29) is 0 Å². The summed E-state index contributed by atoms with van der Waals surface area (Å²) in [5.74, 6) is 0. The van der Waals surface area contributed by atoms with Crippen LogP contribution in [0.15, 0.2) is 91.0 Å². The van der Waals surface area contributed by atoms with Crippen molar-refractivity contribution in [2.75, 3.05) is 0 Å². The second-order valence-corrected chi connectivity index (χ2v) is 9.37. The fraction of sp³-hybridized carbons (Fsp3) is 0. The van der Waals surface area contributed by atoms with Crippen LogP contribution in [-0.4, -0.2) is 17.2 Å². The Balaban J connectivity index is 1.59. The largest absolute Gasteiger partial charge is 0.489 e. The molecule has 1 heterocycles. The average molecular weight is 428 g/mol. The number of hydrogen-bond donors (Lipinski definition) is 2. The lowest BCUT2D eigenvalue weighted by Crippen LogP contribution is -2.30. The highest BCUT2D eigenvalue weighted by Gasteiger charge is 2.25. The van der Waals surface area contributed by atoms with Crippen LogP contribution in [-0.2, 0) is 0 Å². The Labute approximate surface area is 189 Å². The van der Waals surface area contributed by atoms with Crippen LogP contribution in [0.2, 0.25) is 0 Å². The van der Waals surface area contributed by atoms with Crippen molar-refractivity contribution in [1.29, 1.82) is 0 Å². The Kier molecular flexibility index (Phi) is 3.71. The van der Waals surface area contributed by atoms with Crippen molar-refractivity contribution in [3.63, 3.8) is 0 Å². The van der Waals surface area contributed by atoms with Crippen LogP contribution in [0.1, 0.15) is 0 Å². The van der Waals surface area contributed by atoms with Gasteiger partial charge in [0.15, 0.2) is 0 Å². The molecule has 32 heavy (non-hydrogen) atoms. The van der Waals surface area contributed by atoms with E-state index in [1.165, 1.54) is 48.9 Å². The van der Waals surface area contributed by atoms with Crippen molar-refractivity contribution < 1.29 is 10.0 Å². The fourth-order valence-corrected chi connectivity index (χ4v) is 6.63. The monoisotopic (exact) mass is 428 g/mol. The topological polar surface area (TPSA) is 40.5 Å². The molecule has 0 atom stereocenters. The minimum Gasteiger partial charge on any atom is -0.423 e. The van der Waals surface area contributed by atoms with Crippen LogP contribution in [0, 0.1) is 0 Å². The van der Waals surface area contributed by atoms with Gasteiger partial charge in [-0.1, -0.05) is 84.9 Å². The van der Waals surface area contributed by atoms with Gasteiger partial charge in [0.1, 0.15) is 0 Å². The van der Waals surface area contributed by atoms with Crippen molar-refractivity contribution in [1.82, 2.24) is 0 Å². The van der Waals surface area contributed by atoms with Crippen LogP contribution < -0.4 is 5.46 Å².